The Morgan fingerprint density at radius 3 is 2.43 bits per heavy atom. The lowest BCUT2D eigenvalue weighted by Gasteiger charge is -2.15. The van der Waals surface area contributed by atoms with E-state index in [-0.39, 0.29) is 17.9 Å². The van der Waals surface area contributed by atoms with Crippen LogP contribution >= 0.6 is 11.6 Å². The van der Waals surface area contributed by atoms with Crippen molar-refractivity contribution in [3.63, 3.8) is 0 Å². The van der Waals surface area contributed by atoms with E-state index in [2.05, 4.69) is 5.10 Å². The molecule has 2 aromatic rings. The molecule has 1 aliphatic rings. The molecule has 0 saturated carbocycles. The van der Waals surface area contributed by atoms with Crippen LogP contribution in [0.5, 0.6) is 0 Å². The molecule has 1 N–H and O–H groups in total. The Labute approximate surface area is 166 Å². The maximum atomic E-state index is 13.1. The van der Waals surface area contributed by atoms with Crippen molar-refractivity contribution >= 4 is 41.0 Å². The standard InChI is InChI=1S/C21H18ClFN2O3/c1-2-19-18(20(26)25(24-19)17-9-5-15(22)6-10-17)12-14(21(27)28)11-13-3-7-16(23)8-4-13/h3-11,18H,2,12H2,1H3,(H,27,28)/b14-11-. The second-order valence-corrected chi connectivity index (χ2v) is 6.79. The number of hydrogen-bond donors (Lipinski definition) is 1. The number of carbonyl (C=O) groups excluding carboxylic acids is 1. The van der Waals surface area contributed by atoms with Crippen LogP contribution in [-0.4, -0.2) is 22.7 Å². The van der Waals surface area contributed by atoms with Crippen molar-refractivity contribution in [1.29, 1.82) is 0 Å². The molecule has 1 amide bonds. The Morgan fingerprint density at radius 1 is 1.21 bits per heavy atom. The summed E-state index contributed by atoms with van der Waals surface area (Å²) in [6.45, 7) is 1.87. The summed E-state index contributed by atoms with van der Waals surface area (Å²) in [7, 11) is 0. The molecule has 144 valence electrons. The van der Waals surface area contributed by atoms with Gasteiger partial charge in [-0.3, -0.25) is 4.79 Å². The zero-order chi connectivity index (χ0) is 20.3. The molecule has 1 heterocycles. The van der Waals surface area contributed by atoms with Gasteiger partial charge in [-0.1, -0.05) is 30.7 Å². The Hall–Kier alpha value is -2.99. The van der Waals surface area contributed by atoms with E-state index < -0.39 is 17.7 Å². The van der Waals surface area contributed by atoms with Crippen LogP contribution in [0.3, 0.4) is 0 Å². The van der Waals surface area contributed by atoms with Crippen LogP contribution in [0.2, 0.25) is 5.02 Å². The largest absolute Gasteiger partial charge is 0.478 e. The van der Waals surface area contributed by atoms with E-state index in [4.69, 9.17) is 11.6 Å². The fraction of sp³-hybridized carbons (Fsp3) is 0.190. The van der Waals surface area contributed by atoms with Gasteiger partial charge < -0.3 is 5.11 Å². The molecule has 3 rings (SSSR count). The Morgan fingerprint density at radius 2 is 1.86 bits per heavy atom. The quantitative estimate of drug-likeness (QED) is 0.710. The van der Waals surface area contributed by atoms with Crippen molar-refractivity contribution in [1.82, 2.24) is 0 Å². The molecule has 2 aromatic carbocycles. The number of carboxylic acids is 1. The van der Waals surface area contributed by atoms with Gasteiger partial charge in [-0.15, -0.1) is 0 Å². The lowest BCUT2D eigenvalue weighted by molar-refractivity contribution is -0.132. The number of hydrazone groups is 1. The van der Waals surface area contributed by atoms with E-state index in [1.165, 1.54) is 35.4 Å². The van der Waals surface area contributed by atoms with Gasteiger partial charge in [0.2, 0.25) is 0 Å². The minimum Gasteiger partial charge on any atom is -0.478 e. The van der Waals surface area contributed by atoms with Gasteiger partial charge in [-0.05, 0) is 60.9 Å². The Kier molecular flexibility index (Phi) is 5.90. The molecule has 0 fully saturated rings. The van der Waals surface area contributed by atoms with E-state index in [9.17, 15) is 19.1 Å². The van der Waals surface area contributed by atoms with E-state index in [0.29, 0.717) is 28.4 Å². The summed E-state index contributed by atoms with van der Waals surface area (Å²) in [5, 5.41) is 15.8. The van der Waals surface area contributed by atoms with Crippen molar-refractivity contribution in [2.24, 2.45) is 11.0 Å². The molecule has 1 aliphatic heterocycles. The van der Waals surface area contributed by atoms with Crippen LogP contribution in [0, 0.1) is 11.7 Å². The third kappa shape index (κ3) is 4.28. The van der Waals surface area contributed by atoms with E-state index in [0.717, 1.165) is 0 Å². The van der Waals surface area contributed by atoms with Gasteiger partial charge in [0.05, 0.1) is 17.3 Å². The summed E-state index contributed by atoms with van der Waals surface area (Å²) in [5.41, 5.74) is 1.80. The fourth-order valence-electron chi connectivity index (χ4n) is 3.02. The topological polar surface area (TPSA) is 70.0 Å². The maximum absolute atomic E-state index is 13.1. The molecular formula is C21H18ClFN2O3. The first-order chi connectivity index (χ1) is 13.4. The smallest absolute Gasteiger partial charge is 0.331 e. The van der Waals surface area contributed by atoms with Gasteiger partial charge >= 0.3 is 5.97 Å². The number of halogens is 2. The summed E-state index contributed by atoms with van der Waals surface area (Å²) in [5.74, 6) is -2.48. The molecule has 0 saturated heterocycles. The highest BCUT2D eigenvalue weighted by molar-refractivity contribution is 6.30. The first-order valence-electron chi connectivity index (χ1n) is 8.75. The molecular weight excluding hydrogens is 383 g/mol. The molecule has 0 bridgehead atoms. The maximum Gasteiger partial charge on any atom is 0.331 e. The lowest BCUT2D eigenvalue weighted by Crippen LogP contribution is -2.28. The molecule has 1 atom stereocenters. The minimum atomic E-state index is -1.13. The number of aliphatic carboxylic acids is 1. The Balaban J connectivity index is 1.87. The summed E-state index contributed by atoms with van der Waals surface area (Å²) in [4.78, 5) is 24.7. The second-order valence-electron chi connectivity index (χ2n) is 6.35. The predicted molar refractivity (Wildman–Crippen MR) is 107 cm³/mol. The first kappa shape index (κ1) is 19.8. The minimum absolute atomic E-state index is 0.00229. The van der Waals surface area contributed by atoms with Crippen LogP contribution in [0.25, 0.3) is 6.08 Å². The zero-order valence-electron chi connectivity index (χ0n) is 15.1. The molecule has 7 heteroatoms. The van der Waals surface area contributed by atoms with Crippen LogP contribution in [0.1, 0.15) is 25.3 Å². The highest BCUT2D eigenvalue weighted by Crippen LogP contribution is 2.30. The number of carbonyl (C=O) groups is 2. The highest BCUT2D eigenvalue weighted by atomic mass is 35.5. The number of carboxylic acid groups (broad SMARTS) is 1. The van der Waals surface area contributed by atoms with Gasteiger partial charge in [-0.2, -0.15) is 5.10 Å². The fourth-order valence-corrected chi connectivity index (χ4v) is 3.14. The third-order valence-electron chi connectivity index (χ3n) is 4.48. The number of hydrogen-bond acceptors (Lipinski definition) is 3. The monoisotopic (exact) mass is 400 g/mol. The van der Waals surface area contributed by atoms with E-state index >= 15 is 0 Å². The number of nitrogens with zero attached hydrogens (tertiary/aromatic N) is 2. The lowest BCUT2D eigenvalue weighted by atomic mass is 9.92. The van der Waals surface area contributed by atoms with Gasteiger partial charge in [0.25, 0.3) is 5.91 Å². The number of amides is 1. The molecule has 0 radical (unpaired) electrons. The first-order valence-corrected chi connectivity index (χ1v) is 9.13. The summed E-state index contributed by atoms with van der Waals surface area (Å²) in [6.07, 6.45) is 1.97. The molecule has 0 aromatic heterocycles. The zero-order valence-corrected chi connectivity index (χ0v) is 15.9. The predicted octanol–water partition coefficient (Wildman–Crippen LogP) is 4.77. The Bertz CT molecular complexity index is 953. The number of anilines is 1. The van der Waals surface area contributed by atoms with Gasteiger partial charge in [0.15, 0.2) is 0 Å². The van der Waals surface area contributed by atoms with Gasteiger partial charge in [0, 0.05) is 10.6 Å². The van der Waals surface area contributed by atoms with Crippen LogP contribution in [0.4, 0.5) is 10.1 Å². The van der Waals surface area contributed by atoms with Crippen molar-refractivity contribution in [2.75, 3.05) is 5.01 Å². The summed E-state index contributed by atoms with van der Waals surface area (Å²) < 4.78 is 13.1. The third-order valence-corrected chi connectivity index (χ3v) is 4.73. The van der Waals surface area contributed by atoms with Crippen LogP contribution in [0.15, 0.2) is 59.2 Å². The molecule has 5 nitrogen and oxygen atoms in total. The van der Waals surface area contributed by atoms with E-state index in [1.807, 2.05) is 6.92 Å². The van der Waals surface area contributed by atoms with E-state index in [1.54, 1.807) is 24.3 Å². The average molecular weight is 401 g/mol. The van der Waals surface area contributed by atoms with Crippen molar-refractivity contribution in [2.45, 2.75) is 19.8 Å². The van der Waals surface area contributed by atoms with Crippen LogP contribution in [-0.2, 0) is 9.59 Å². The second kappa shape index (κ2) is 8.35. The summed E-state index contributed by atoms with van der Waals surface area (Å²) in [6, 6.07) is 12.2. The average Bonchev–Trinajstić information content (AvgIpc) is 2.99. The number of rotatable bonds is 6. The normalized spacial score (nSPS) is 17.0. The molecule has 0 aliphatic carbocycles. The molecule has 0 spiro atoms. The SMILES string of the molecule is CCC1=NN(c2ccc(Cl)cc2)C(=O)C1C/C(=C/c1ccc(F)cc1)C(=O)O. The van der Waals surface area contributed by atoms with Gasteiger partial charge in [-0.25, -0.2) is 14.2 Å². The van der Waals surface area contributed by atoms with Crippen molar-refractivity contribution in [3.05, 3.63) is 70.5 Å². The van der Waals surface area contributed by atoms with Gasteiger partial charge in [0.1, 0.15) is 5.82 Å². The van der Waals surface area contributed by atoms with Crippen LogP contribution < -0.4 is 5.01 Å². The molecule has 1 unspecified atom stereocenters. The molecule has 28 heavy (non-hydrogen) atoms. The summed E-state index contributed by atoms with van der Waals surface area (Å²) >= 11 is 5.89. The van der Waals surface area contributed by atoms with Crippen molar-refractivity contribution < 1.29 is 19.1 Å². The highest BCUT2D eigenvalue weighted by Gasteiger charge is 2.37. The van der Waals surface area contributed by atoms with Crippen molar-refractivity contribution in [3.8, 4) is 0 Å². The number of benzene rings is 2.